The molecule has 2 N–H and O–H groups in total. The van der Waals surface area contributed by atoms with Crippen molar-refractivity contribution in [1.29, 1.82) is 0 Å². The van der Waals surface area contributed by atoms with Crippen LogP contribution in [0.1, 0.15) is 9.67 Å². The first-order valence-electron chi connectivity index (χ1n) is 4.17. The Labute approximate surface area is 88.8 Å². The number of amides is 1. The van der Waals surface area contributed by atoms with Gasteiger partial charge in [0.1, 0.15) is 10.5 Å². The second kappa shape index (κ2) is 3.68. The minimum absolute atomic E-state index is 0.148. The third-order valence-electron chi connectivity index (χ3n) is 1.96. The van der Waals surface area contributed by atoms with Crippen molar-refractivity contribution in [1.82, 2.24) is 10.3 Å². The van der Waals surface area contributed by atoms with E-state index in [-0.39, 0.29) is 5.91 Å². The zero-order valence-electron chi connectivity index (χ0n) is 7.83. The lowest BCUT2D eigenvalue weighted by Gasteiger charge is -1.91. The zero-order chi connectivity index (χ0) is 10.8. The van der Waals surface area contributed by atoms with Gasteiger partial charge in [0.25, 0.3) is 5.91 Å². The molecule has 1 amide bonds. The molecule has 0 saturated heterocycles. The van der Waals surface area contributed by atoms with Crippen LogP contribution in [0.2, 0.25) is 0 Å². The standard InChI is InChI=1S/C9H7N3O2S/c1-10-8(14)7-2-5-6(12-4-13)3-11-9(5)15-7/h2-3,11H,1H3,(H,10,14). The molecule has 15 heavy (non-hydrogen) atoms. The van der Waals surface area contributed by atoms with Gasteiger partial charge in [-0.15, -0.1) is 11.3 Å². The molecule has 0 fully saturated rings. The van der Waals surface area contributed by atoms with Gasteiger partial charge in [0.15, 0.2) is 0 Å². The normalized spacial score (nSPS) is 9.93. The Bertz CT molecular complexity index is 563. The largest absolute Gasteiger partial charge is 0.354 e. The van der Waals surface area contributed by atoms with Gasteiger partial charge in [-0.3, -0.25) is 4.79 Å². The number of aromatic nitrogens is 1. The Balaban J connectivity index is 2.56. The Kier molecular flexibility index (Phi) is 2.37. The lowest BCUT2D eigenvalue weighted by Crippen LogP contribution is -2.15. The second-order valence-electron chi connectivity index (χ2n) is 2.81. The maximum atomic E-state index is 11.3. The summed E-state index contributed by atoms with van der Waals surface area (Å²) in [6.45, 7) is 0. The maximum absolute atomic E-state index is 11.3. The fourth-order valence-electron chi connectivity index (χ4n) is 1.28. The van der Waals surface area contributed by atoms with Crippen LogP contribution >= 0.6 is 11.3 Å². The van der Waals surface area contributed by atoms with E-state index in [1.807, 2.05) is 0 Å². The van der Waals surface area contributed by atoms with Crippen molar-refractivity contribution in [3.8, 4) is 0 Å². The Hall–Kier alpha value is -1.91. The van der Waals surface area contributed by atoms with Crippen LogP contribution < -0.4 is 5.32 Å². The summed E-state index contributed by atoms with van der Waals surface area (Å²) in [5, 5.41) is 3.30. The smallest absolute Gasteiger partial charge is 0.261 e. The Morgan fingerprint density at radius 3 is 3.13 bits per heavy atom. The lowest BCUT2D eigenvalue weighted by atomic mass is 10.3. The minimum Gasteiger partial charge on any atom is -0.354 e. The van der Waals surface area contributed by atoms with Crippen LogP contribution in [0.25, 0.3) is 10.2 Å². The van der Waals surface area contributed by atoms with Crippen molar-refractivity contribution in [3.63, 3.8) is 0 Å². The lowest BCUT2D eigenvalue weighted by molar-refractivity contribution is 0.0967. The third-order valence-corrected chi connectivity index (χ3v) is 3.03. The third kappa shape index (κ3) is 1.56. The molecule has 0 unspecified atom stereocenters. The van der Waals surface area contributed by atoms with Gasteiger partial charge in [0.2, 0.25) is 6.08 Å². The molecule has 0 aliphatic carbocycles. The number of carbonyl (C=O) groups is 1. The summed E-state index contributed by atoms with van der Waals surface area (Å²) in [4.78, 5) is 29.3. The highest BCUT2D eigenvalue weighted by Crippen LogP contribution is 2.32. The van der Waals surface area contributed by atoms with E-state index in [1.54, 1.807) is 19.3 Å². The summed E-state index contributed by atoms with van der Waals surface area (Å²) < 4.78 is 0. The van der Waals surface area contributed by atoms with E-state index in [9.17, 15) is 9.59 Å². The number of H-pyrrole nitrogens is 1. The highest BCUT2D eigenvalue weighted by molar-refractivity contribution is 7.20. The van der Waals surface area contributed by atoms with E-state index in [0.717, 1.165) is 10.2 Å². The van der Waals surface area contributed by atoms with Gasteiger partial charge in [-0.2, -0.15) is 4.99 Å². The number of isocyanates is 1. The Morgan fingerprint density at radius 2 is 2.47 bits per heavy atom. The number of thiophene rings is 1. The van der Waals surface area contributed by atoms with Gasteiger partial charge in [0, 0.05) is 18.6 Å². The summed E-state index contributed by atoms with van der Waals surface area (Å²) in [6.07, 6.45) is 3.08. The topological polar surface area (TPSA) is 74.3 Å². The van der Waals surface area contributed by atoms with Crippen LogP contribution in [0, 0.1) is 0 Å². The van der Waals surface area contributed by atoms with Crippen LogP contribution in [0.15, 0.2) is 17.3 Å². The van der Waals surface area contributed by atoms with Crippen LogP contribution in [0.5, 0.6) is 0 Å². The summed E-state index contributed by atoms with van der Waals surface area (Å²) in [6, 6.07) is 1.70. The van der Waals surface area contributed by atoms with Crippen molar-refractivity contribution in [2.75, 3.05) is 7.05 Å². The van der Waals surface area contributed by atoms with Crippen LogP contribution in [0.4, 0.5) is 5.69 Å². The van der Waals surface area contributed by atoms with Crippen LogP contribution in [0.3, 0.4) is 0 Å². The second-order valence-corrected chi connectivity index (χ2v) is 3.86. The number of hydrogen-bond donors (Lipinski definition) is 2. The highest BCUT2D eigenvalue weighted by atomic mass is 32.1. The van der Waals surface area contributed by atoms with E-state index in [1.165, 1.54) is 17.4 Å². The predicted molar refractivity (Wildman–Crippen MR) is 57.3 cm³/mol. The highest BCUT2D eigenvalue weighted by Gasteiger charge is 2.12. The minimum atomic E-state index is -0.148. The van der Waals surface area contributed by atoms with Gasteiger partial charge in [-0.25, -0.2) is 4.79 Å². The fourth-order valence-corrected chi connectivity index (χ4v) is 2.26. The molecule has 5 nitrogen and oxygen atoms in total. The SMILES string of the molecule is CNC(=O)c1cc2c(N=C=O)c[nH]c2s1. The molecular formula is C9H7N3O2S. The van der Waals surface area contributed by atoms with Crippen molar-refractivity contribution >= 4 is 39.2 Å². The summed E-state index contributed by atoms with van der Waals surface area (Å²) in [5.41, 5.74) is 0.506. The number of nitrogens with one attached hydrogen (secondary N) is 2. The Morgan fingerprint density at radius 1 is 1.67 bits per heavy atom. The predicted octanol–water partition coefficient (Wildman–Crippen LogP) is 1.56. The van der Waals surface area contributed by atoms with E-state index in [4.69, 9.17) is 0 Å². The number of rotatable bonds is 2. The first kappa shape index (κ1) is 9.64. The van der Waals surface area contributed by atoms with Gasteiger partial charge in [0.05, 0.1) is 4.88 Å². The summed E-state index contributed by atoms with van der Waals surface area (Å²) in [5.74, 6) is -0.148. The average molecular weight is 221 g/mol. The van der Waals surface area contributed by atoms with Crippen molar-refractivity contribution < 1.29 is 9.59 Å². The van der Waals surface area contributed by atoms with Crippen LogP contribution in [-0.2, 0) is 4.79 Å². The molecule has 0 aliphatic heterocycles. The van der Waals surface area contributed by atoms with Gasteiger partial charge >= 0.3 is 0 Å². The molecule has 2 heterocycles. The zero-order valence-corrected chi connectivity index (χ0v) is 8.64. The molecule has 0 saturated carbocycles. The molecule has 0 radical (unpaired) electrons. The molecule has 0 bridgehead atoms. The average Bonchev–Trinajstić information content (AvgIpc) is 2.79. The number of aromatic amines is 1. The quantitative estimate of drug-likeness (QED) is 0.596. The number of fused-ring (bicyclic) bond motifs is 1. The molecule has 6 heteroatoms. The fraction of sp³-hybridized carbons (Fsp3) is 0.111. The molecule has 76 valence electrons. The van der Waals surface area contributed by atoms with E-state index in [0.29, 0.717) is 10.6 Å². The van der Waals surface area contributed by atoms with Gasteiger partial charge in [-0.1, -0.05) is 0 Å². The van der Waals surface area contributed by atoms with Crippen molar-refractivity contribution in [2.24, 2.45) is 4.99 Å². The number of carbonyl (C=O) groups excluding carboxylic acids is 2. The first-order chi connectivity index (χ1) is 7.26. The molecule has 2 rings (SSSR count). The van der Waals surface area contributed by atoms with E-state index < -0.39 is 0 Å². The molecule has 0 atom stereocenters. The van der Waals surface area contributed by atoms with Gasteiger partial charge < -0.3 is 10.3 Å². The number of nitrogens with zero attached hydrogens (tertiary/aromatic N) is 1. The van der Waals surface area contributed by atoms with Crippen LogP contribution in [-0.4, -0.2) is 24.0 Å². The molecular weight excluding hydrogens is 214 g/mol. The maximum Gasteiger partial charge on any atom is 0.261 e. The monoisotopic (exact) mass is 221 g/mol. The first-order valence-corrected chi connectivity index (χ1v) is 4.98. The molecule has 0 aromatic carbocycles. The summed E-state index contributed by atoms with van der Waals surface area (Å²) in [7, 11) is 1.57. The number of aliphatic imine (C=N–C) groups is 1. The number of hydrogen-bond acceptors (Lipinski definition) is 4. The van der Waals surface area contributed by atoms with Crippen molar-refractivity contribution in [3.05, 3.63) is 17.1 Å². The summed E-state index contributed by atoms with van der Waals surface area (Å²) >= 11 is 1.32. The molecule has 2 aromatic rings. The molecule has 2 aromatic heterocycles. The molecule has 0 aliphatic rings. The van der Waals surface area contributed by atoms with E-state index in [2.05, 4.69) is 15.3 Å². The molecule has 0 spiro atoms. The van der Waals surface area contributed by atoms with E-state index >= 15 is 0 Å². The van der Waals surface area contributed by atoms with Gasteiger partial charge in [-0.05, 0) is 6.07 Å². The van der Waals surface area contributed by atoms with Crippen molar-refractivity contribution in [2.45, 2.75) is 0 Å².